The normalized spacial score (nSPS) is 11.8. The molecule has 7 heteroatoms. The lowest BCUT2D eigenvalue weighted by molar-refractivity contribution is -0.119. The summed E-state index contributed by atoms with van der Waals surface area (Å²) in [7, 11) is 0. The minimum atomic E-state index is -0.134. The Morgan fingerprint density at radius 3 is 2.56 bits per heavy atom. The summed E-state index contributed by atoms with van der Waals surface area (Å²) in [6, 6.07) is 9.18. The first-order valence-electron chi connectivity index (χ1n) is 7.84. The number of nitrogens with one attached hydrogen (secondary N) is 2. The lowest BCUT2D eigenvalue weighted by Gasteiger charge is -2.13. The highest BCUT2D eigenvalue weighted by Crippen LogP contribution is 2.21. The van der Waals surface area contributed by atoms with Gasteiger partial charge in [0.05, 0.1) is 17.5 Å². The van der Waals surface area contributed by atoms with Gasteiger partial charge < -0.3 is 15.1 Å². The third kappa shape index (κ3) is 6.25. The van der Waals surface area contributed by atoms with Crippen molar-refractivity contribution in [3.63, 3.8) is 0 Å². The molecule has 0 radical (unpaired) electrons. The van der Waals surface area contributed by atoms with Crippen LogP contribution in [-0.2, 0) is 9.59 Å². The molecule has 1 unspecified atom stereocenters. The molecule has 0 fully saturated rings. The smallest absolute Gasteiger partial charge is 0.234 e. The molecule has 2 amide bonds. The number of carbonyl (C=O) groups excluding carboxylic acids is 2. The molecule has 0 aliphatic carbocycles. The van der Waals surface area contributed by atoms with Crippen LogP contribution in [0.25, 0.3) is 0 Å². The molecule has 2 rings (SSSR count). The minimum Gasteiger partial charge on any atom is -0.466 e. The molecule has 2 aromatic rings. The summed E-state index contributed by atoms with van der Waals surface area (Å²) in [5.74, 6) is 1.85. The Labute approximate surface area is 160 Å². The molecular weight excluding hydrogens is 404 g/mol. The summed E-state index contributed by atoms with van der Waals surface area (Å²) in [6.07, 6.45) is 0. The molecule has 0 bridgehead atoms. The van der Waals surface area contributed by atoms with Gasteiger partial charge in [-0.25, -0.2) is 0 Å². The standard InChI is InChI=1S/C18H21BrN2O3S/c1-11-7-16(13(3)24-11)12(2)20-17(22)9-25-10-18(23)21-15-6-4-5-14(19)8-15/h4-8,12H,9-10H2,1-3H3,(H,20,22)(H,21,23). The van der Waals surface area contributed by atoms with E-state index in [9.17, 15) is 9.59 Å². The maximum atomic E-state index is 12.0. The van der Waals surface area contributed by atoms with E-state index >= 15 is 0 Å². The van der Waals surface area contributed by atoms with Gasteiger partial charge in [0.1, 0.15) is 11.5 Å². The second-order valence-electron chi connectivity index (χ2n) is 5.71. The van der Waals surface area contributed by atoms with Gasteiger partial charge in [-0.1, -0.05) is 22.0 Å². The van der Waals surface area contributed by atoms with E-state index in [-0.39, 0.29) is 29.4 Å². The van der Waals surface area contributed by atoms with E-state index in [0.717, 1.165) is 27.2 Å². The molecule has 0 aliphatic rings. The fourth-order valence-electron chi connectivity index (χ4n) is 2.44. The van der Waals surface area contributed by atoms with Crippen molar-refractivity contribution < 1.29 is 14.0 Å². The highest BCUT2D eigenvalue weighted by Gasteiger charge is 2.15. The minimum absolute atomic E-state index is 0.106. The molecular formula is C18H21BrN2O3S. The van der Waals surface area contributed by atoms with Crippen LogP contribution in [0.15, 0.2) is 39.2 Å². The zero-order valence-electron chi connectivity index (χ0n) is 14.4. The molecule has 1 atom stereocenters. The van der Waals surface area contributed by atoms with Crippen LogP contribution in [0.4, 0.5) is 5.69 Å². The van der Waals surface area contributed by atoms with Crippen LogP contribution >= 0.6 is 27.7 Å². The van der Waals surface area contributed by atoms with Gasteiger partial charge in [-0.05, 0) is 45.0 Å². The molecule has 0 aliphatic heterocycles. The van der Waals surface area contributed by atoms with Crippen LogP contribution in [0.5, 0.6) is 0 Å². The van der Waals surface area contributed by atoms with Crippen molar-refractivity contribution in [2.45, 2.75) is 26.8 Å². The predicted molar refractivity (Wildman–Crippen MR) is 105 cm³/mol. The Bertz CT molecular complexity index is 761. The number of hydrogen-bond donors (Lipinski definition) is 2. The van der Waals surface area contributed by atoms with E-state index in [2.05, 4.69) is 26.6 Å². The number of carbonyl (C=O) groups is 2. The van der Waals surface area contributed by atoms with E-state index in [1.165, 1.54) is 11.8 Å². The SMILES string of the molecule is Cc1cc(C(C)NC(=O)CSCC(=O)Nc2cccc(Br)c2)c(C)o1. The first-order valence-corrected chi connectivity index (χ1v) is 9.79. The van der Waals surface area contributed by atoms with Gasteiger partial charge in [0.2, 0.25) is 11.8 Å². The summed E-state index contributed by atoms with van der Waals surface area (Å²) in [5, 5.41) is 5.72. The number of hydrogen-bond acceptors (Lipinski definition) is 4. The molecule has 0 saturated heterocycles. The summed E-state index contributed by atoms with van der Waals surface area (Å²) in [5.41, 5.74) is 1.70. The van der Waals surface area contributed by atoms with E-state index in [1.807, 2.05) is 51.1 Å². The third-order valence-electron chi connectivity index (χ3n) is 3.50. The van der Waals surface area contributed by atoms with Crippen LogP contribution < -0.4 is 10.6 Å². The maximum Gasteiger partial charge on any atom is 0.234 e. The monoisotopic (exact) mass is 424 g/mol. The Morgan fingerprint density at radius 1 is 1.20 bits per heavy atom. The average Bonchev–Trinajstić information content (AvgIpc) is 2.86. The second-order valence-corrected chi connectivity index (χ2v) is 7.61. The number of halogens is 1. The highest BCUT2D eigenvalue weighted by atomic mass is 79.9. The van der Waals surface area contributed by atoms with Crippen molar-refractivity contribution in [3.05, 3.63) is 51.9 Å². The van der Waals surface area contributed by atoms with Crippen molar-refractivity contribution in [1.29, 1.82) is 0 Å². The molecule has 1 aromatic carbocycles. The molecule has 1 heterocycles. The van der Waals surface area contributed by atoms with E-state index in [1.54, 1.807) is 0 Å². The third-order valence-corrected chi connectivity index (χ3v) is 4.92. The predicted octanol–water partition coefficient (Wildman–Crippen LogP) is 4.21. The van der Waals surface area contributed by atoms with Gasteiger partial charge in [-0.3, -0.25) is 9.59 Å². The van der Waals surface area contributed by atoms with Gasteiger partial charge in [0, 0.05) is 15.7 Å². The molecule has 2 N–H and O–H groups in total. The van der Waals surface area contributed by atoms with Crippen molar-refractivity contribution >= 4 is 45.2 Å². The number of aryl methyl sites for hydroxylation is 2. The Morgan fingerprint density at radius 2 is 1.92 bits per heavy atom. The highest BCUT2D eigenvalue weighted by molar-refractivity contribution is 9.10. The van der Waals surface area contributed by atoms with Crippen LogP contribution in [-0.4, -0.2) is 23.3 Å². The van der Waals surface area contributed by atoms with Crippen molar-refractivity contribution in [2.75, 3.05) is 16.8 Å². The summed E-state index contributed by atoms with van der Waals surface area (Å²) in [4.78, 5) is 23.9. The summed E-state index contributed by atoms with van der Waals surface area (Å²) >= 11 is 4.64. The van der Waals surface area contributed by atoms with Gasteiger partial charge in [-0.2, -0.15) is 0 Å². The van der Waals surface area contributed by atoms with Crippen LogP contribution in [0.2, 0.25) is 0 Å². The Hall–Kier alpha value is -1.73. The largest absolute Gasteiger partial charge is 0.466 e. The lowest BCUT2D eigenvalue weighted by atomic mass is 10.1. The lowest BCUT2D eigenvalue weighted by Crippen LogP contribution is -2.29. The molecule has 5 nitrogen and oxygen atoms in total. The number of anilines is 1. The maximum absolute atomic E-state index is 12.0. The molecule has 0 spiro atoms. The summed E-state index contributed by atoms with van der Waals surface area (Å²) in [6.45, 7) is 5.68. The quantitative estimate of drug-likeness (QED) is 0.697. The second kappa shape index (κ2) is 9.10. The average molecular weight is 425 g/mol. The Kier molecular flexibility index (Phi) is 7.13. The van der Waals surface area contributed by atoms with Crippen molar-refractivity contribution in [2.24, 2.45) is 0 Å². The number of furan rings is 1. The topological polar surface area (TPSA) is 71.3 Å². The van der Waals surface area contributed by atoms with E-state index in [4.69, 9.17) is 4.42 Å². The van der Waals surface area contributed by atoms with Crippen LogP contribution in [0.1, 0.15) is 30.0 Å². The molecule has 0 saturated carbocycles. The molecule has 134 valence electrons. The van der Waals surface area contributed by atoms with Crippen molar-refractivity contribution in [1.82, 2.24) is 5.32 Å². The fourth-order valence-corrected chi connectivity index (χ4v) is 3.47. The van der Waals surface area contributed by atoms with Crippen LogP contribution in [0.3, 0.4) is 0 Å². The summed E-state index contributed by atoms with van der Waals surface area (Å²) < 4.78 is 6.38. The van der Waals surface area contributed by atoms with Gasteiger partial charge >= 0.3 is 0 Å². The molecule has 1 aromatic heterocycles. The van der Waals surface area contributed by atoms with E-state index in [0.29, 0.717) is 0 Å². The zero-order valence-corrected chi connectivity index (χ0v) is 16.8. The number of rotatable bonds is 7. The van der Waals surface area contributed by atoms with E-state index < -0.39 is 0 Å². The van der Waals surface area contributed by atoms with Crippen molar-refractivity contribution in [3.8, 4) is 0 Å². The van der Waals surface area contributed by atoms with Gasteiger partial charge in [0.25, 0.3) is 0 Å². The fraction of sp³-hybridized carbons (Fsp3) is 0.333. The number of thioether (sulfide) groups is 1. The first-order chi connectivity index (χ1) is 11.8. The van der Waals surface area contributed by atoms with Crippen LogP contribution in [0, 0.1) is 13.8 Å². The number of amides is 2. The Balaban J connectivity index is 1.73. The first kappa shape index (κ1) is 19.6. The van der Waals surface area contributed by atoms with Gasteiger partial charge in [-0.15, -0.1) is 11.8 Å². The molecule has 25 heavy (non-hydrogen) atoms. The number of benzene rings is 1. The van der Waals surface area contributed by atoms with Gasteiger partial charge in [0.15, 0.2) is 0 Å². The zero-order chi connectivity index (χ0) is 18.4.